The second-order valence-corrected chi connectivity index (χ2v) is 4.54. The molecule has 1 fully saturated rings. The van der Waals surface area contributed by atoms with E-state index in [1.165, 1.54) is 0 Å². The zero-order valence-corrected chi connectivity index (χ0v) is 10.00. The molecule has 0 aromatic carbocycles. The van der Waals surface area contributed by atoms with Gasteiger partial charge in [-0.1, -0.05) is 15.9 Å². The highest BCUT2D eigenvalue weighted by Crippen LogP contribution is 2.07. The molecule has 4 heteroatoms. The van der Waals surface area contributed by atoms with Gasteiger partial charge in [0.2, 0.25) is 0 Å². The molecular formula is C9H19BrN2O. The average molecular weight is 251 g/mol. The molecular weight excluding hydrogens is 232 g/mol. The third-order valence-electron chi connectivity index (χ3n) is 2.69. The Bertz CT molecular complexity index is 155. The van der Waals surface area contributed by atoms with E-state index in [4.69, 9.17) is 0 Å². The Kier molecular flexibility index (Phi) is 4.66. The first-order valence-electron chi connectivity index (χ1n) is 4.80. The fourth-order valence-corrected chi connectivity index (χ4v) is 1.84. The van der Waals surface area contributed by atoms with E-state index < -0.39 is 0 Å². The summed E-state index contributed by atoms with van der Waals surface area (Å²) in [6, 6.07) is 0.608. The van der Waals surface area contributed by atoms with Gasteiger partial charge in [0.15, 0.2) is 0 Å². The van der Waals surface area contributed by atoms with Gasteiger partial charge in [0.25, 0.3) is 0 Å². The highest BCUT2D eigenvalue weighted by Gasteiger charge is 2.21. The minimum absolute atomic E-state index is 0.226. The summed E-state index contributed by atoms with van der Waals surface area (Å²) >= 11 is 3.28. The summed E-state index contributed by atoms with van der Waals surface area (Å²) in [6.07, 6.45) is -0.226. The topological polar surface area (TPSA) is 26.7 Å². The van der Waals surface area contributed by atoms with Crippen LogP contribution in [0.25, 0.3) is 0 Å². The quantitative estimate of drug-likeness (QED) is 0.734. The highest BCUT2D eigenvalue weighted by atomic mass is 79.9. The minimum atomic E-state index is -0.226. The molecule has 1 saturated heterocycles. The van der Waals surface area contributed by atoms with Crippen molar-refractivity contribution in [3.05, 3.63) is 0 Å². The maximum atomic E-state index is 9.46. The van der Waals surface area contributed by atoms with Crippen LogP contribution in [0, 0.1) is 0 Å². The normalized spacial score (nSPS) is 29.1. The Labute approximate surface area is 88.8 Å². The van der Waals surface area contributed by atoms with Gasteiger partial charge < -0.3 is 10.0 Å². The van der Waals surface area contributed by atoms with Crippen molar-refractivity contribution in [1.82, 2.24) is 9.80 Å². The second-order valence-electron chi connectivity index (χ2n) is 3.90. The van der Waals surface area contributed by atoms with Crippen molar-refractivity contribution in [2.75, 3.05) is 38.6 Å². The summed E-state index contributed by atoms with van der Waals surface area (Å²) in [6.45, 7) is 6.28. The first kappa shape index (κ1) is 11.4. The van der Waals surface area contributed by atoms with E-state index in [0.29, 0.717) is 11.4 Å². The molecule has 1 aliphatic heterocycles. The van der Waals surface area contributed by atoms with Gasteiger partial charge in [-0.15, -0.1) is 0 Å². The van der Waals surface area contributed by atoms with Crippen LogP contribution in [0.2, 0.25) is 0 Å². The van der Waals surface area contributed by atoms with E-state index in [-0.39, 0.29) is 6.10 Å². The number of nitrogens with zero attached hydrogens (tertiary/aromatic N) is 2. The predicted molar refractivity (Wildman–Crippen MR) is 58.3 cm³/mol. The van der Waals surface area contributed by atoms with Crippen molar-refractivity contribution in [2.45, 2.75) is 19.1 Å². The standard InChI is InChI=1S/C9H19BrN2O/c1-8-6-12(4-3-11(8)2)7-9(13)5-10/h8-9,13H,3-7H2,1-2H3. The van der Waals surface area contributed by atoms with Crippen molar-refractivity contribution >= 4 is 15.9 Å². The maximum absolute atomic E-state index is 9.46. The van der Waals surface area contributed by atoms with Crippen LogP contribution < -0.4 is 0 Å². The Morgan fingerprint density at radius 2 is 2.23 bits per heavy atom. The number of likely N-dealkylation sites (N-methyl/N-ethyl adjacent to an activating group) is 1. The van der Waals surface area contributed by atoms with Gasteiger partial charge in [0.1, 0.15) is 0 Å². The number of halogens is 1. The highest BCUT2D eigenvalue weighted by molar-refractivity contribution is 9.09. The van der Waals surface area contributed by atoms with Gasteiger partial charge in [0, 0.05) is 37.6 Å². The molecule has 0 saturated carbocycles. The third-order valence-corrected chi connectivity index (χ3v) is 3.44. The molecule has 13 heavy (non-hydrogen) atoms. The van der Waals surface area contributed by atoms with Gasteiger partial charge in [0.05, 0.1) is 6.10 Å². The van der Waals surface area contributed by atoms with Crippen LogP contribution in [-0.4, -0.2) is 65.6 Å². The van der Waals surface area contributed by atoms with Gasteiger partial charge in [-0.25, -0.2) is 0 Å². The Balaban J connectivity index is 2.29. The summed E-state index contributed by atoms with van der Waals surface area (Å²) in [4.78, 5) is 4.69. The third kappa shape index (κ3) is 3.54. The molecule has 0 spiro atoms. The summed E-state index contributed by atoms with van der Waals surface area (Å²) in [5, 5.41) is 10.1. The molecule has 3 nitrogen and oxygen atoms in total. The lowest BCUT2D eigenvalue weighted by molar-refractivity contribution is 0.0656. The van der Waals surface area contributed by atoms with E-state index in [2.05, 4.69) is 39.7 Å². The molecule has 2 unspecified atom stereocenters. The van der Waals surface area contributed by atoms with E-state index in [1.54, 1.807) is 0 Å². The predicted octanol–water partition coefficient (Wildman–Crippen LogP) is 0.378. The summed E-state index contributed by atoms with van der Waals surface area (Å²) in [7, 11) is 2.16. The van der Waals surface area contributed by atoms with Crippen LogP contribution >= 0.6 is 15.9 Å². The fourth-order valence-electron chi connectivity index (χ4n) is 1.64. The van der Waals surface area contributed by atoms with Crippen molar-refractivity contribution in [3.63, 3.8) is 0 Å². The number of rotatable bonds is 3. The molecule has 0 aromatic heterocycles. The largest absolute Gasteiger partial charge is 0.391 e. The molecule has 0 aromatic rings. The molecule has 1 rings (SSSR count). The fraction of sp³-hybridized carbons (Fsp3) is 1.00. The van der Waals surface area contributed by atoms with Crippen molar-refractivity contribution in [3.8, 4) is 0 Å². The molecule has 0 amide bonds. The van der Waals surface area contributed by atoms with Gasteiger partial charge in [-0.3, -0.25) is 4.90 Å². The van der Waals surface area contributed by atoms with E-state index >= 15 is 0 Å². The van der Waals surface area contributed by atoms with Gasteiger partial charge in [-0.2, -0.15) is 0 Å². The summed E-state index contributed by atoms with van der Waals surface area (Å²) in [5.41, 5.74) is 0. The lowest BCUT2D eigenvalue weighted by atomic mass is 10.2. The molecule has 0 aliphatic carbocycles. The molecule has 2 atom stereocenters. The Hall–Kier alpha value is 0.360. The number of aliphatic hydroxyl groups excluding tert-OH is 1. The zero-order chi connectivity index (χ0) is 9.84. The molecule has 78 valence electrons. The number of hydrogen-bond acceptors (Lipinski definition) is 3. The van der Waals surface area contributed by atoms with Crippen LogP contribution in [0.4, 0.5) is 0 Å². The summed E-state index contributed by atoms with van der Waals surface area (Å²) in [5.74, 6) is 0. The van der Waals surface area contributed by atoms with Gasteiger partial charge >= 0.3 is 0 Å². The maximum Gasteiger partial charge on any atom is 0.0763 e. The van der Waals surface area contributed by atoms with E-state index in [1.807, 2.05) is 0 Å². The lowest BCUT2D eigenvalue weighted by Gasteiger charge is -2.38. The van der Waals surface area contributed by atoms with Crippen molar-refractivity contribution < 1.29 is 5.11 Å². The Morgan fingerprint density at radius 3 is 2.77 bits per heavy atom. The van der Waals surface area contributed by atoms with E-state index in [0.717, 1.165) is 26.2 Å². The molecule has 1 aliphatic rings. The number of hydrogen-bond donors (Lipinski definition) is 1. The Morgan fingerprint density at radius 1 is 1.54 bits per heavy atom. The number of β-amino-alcohol motifs (C(OH)–C–C–N with tert-alkyl or cyclic N) is 1. The van der Waals surface area contributed by atoms with Crippen molar-refractivity contribution in [2.24, 2.45) is 0 Å². The summed E-state index contributed by atoms with van der Waals surface area (Å²) < 4.78 is 0. The first-order valence-corrected chi connectivity index (χ1v) is 5.92. The van der Waals surface area contributed by atoms with Crippen LogP contribution in [-0.2, 0) is 0 Å². The van der Waals surface area contributed by atoms with Gasteiger partial charge in [-0.05, 0) is 14.0 Å². The van der Waals surface area contributed by atoms with Crippen LogP contribution in [0.5, 0.6) is 0 Å². The van der Waals surface area contributed by atoms with Crippen LogP contribution in [0.1, 0.15) is 6.92 Å². The SMILES string of the molecule is CC1CN(CC(O)CBr)CCN1C. The second kappa shape index (κ2) is 5.29. The molecule has 0 bridgehead atoms. The number of alkyl halides is 1. The smallest absolute Gasteiger partial charge is 0.0763 e. The lowest BCUT2D eigenvalue weighted by Crippen LogP contribution is -2.51. The molecule has 1 heterocycles. The average Bonchev–Trinajstić information content (AvgIpc) is 2.11. The van der Waals surface area contributed by atoms with E-state index in [9.17, 15) is 5.11 Å². The number of aliphatic hydroxyl groups is 1. The molecule has 1 N–H and O–H groups in total. The zero-order valence-electron chi connectivity index (χ0n) is 8.41. The monoisotopic (exact) mass is 250 g/mol. The number of piperazine rings is 1. The van der Waals surface area contributed by atoms with Crippen molar-refractivity contribution in [1.29, 1.82) is 0 Å². The molecule has 0 radical (unpaired) electrons. The minimum Gasteiger partial charge on any atom is -0.391 e. The van der Waals surface area contributed by atoms with Crippen LogP contribution in [0.15, 0.2) is 0 Å². The first-order chi connectivity index (χ1) is 6.13. The van der Waals surface area contributed by atoms with Crippen LogP contribution in [0.3, 0.4) is 0 Å².